The summed E-state index contributed by atoms with van der Waals surface area (Å²) in [5.74, 6) is 2.52. The summed E-state index contributed by atoms with van der Waals surface area (Å²) in [5.41, 5.74) is 15.4. The molecule has 1 nitrogen and oxygen atoms in total. The van der Waals surface area contributed by atoms with Crippen LogP contribution in [0.15, 0.2) is 146 Å². The largest absolute Gasteiger partial charge is 0.309 e. The predicted molar refractivity (Wildman–Crippen MR) is 198 cm³/mol. The van der Waals surface area contributed by atoms with Crippen molar-refractivity contribution in [2.24, 2.45) is 11.8 Å². The van der Waals surface area contributed by atoms with Gasteiger partial charge in [0.15, 0.2) is 0 Å². The predicted octanol–water partition coefficient (Wildman–Crippen LogP) is 12.7. The van der Waals surface area contributed by atoms with Gasteiger partial charge in [-0.15, -0.1) is 0 Å². The Bertz CT molecular complexity index is 2010. The Morgan fingerprint density at radius 1 is 0.511 bits per heavy atom. The molecule has 0 spiro atoms. The first-order valence-corrected chi connectivity index (χ1v) is 17.4. The molecule has 3 atom stereocenters. The lowest BCUT2D eigenvalue weighted by atomic mass is 9.82. The maximum absolute atomic E-state index is 2.54. The molecule has 47 heavy (non-hydrogen) atoms. The van der Waals surface area contributed by atoms with Gasteiger partial charge in [-0.25, -0.2) is 0 Å². The number of benzene rings is 6. The smallest absolute Gasteiger partial charge is 0.0618 e. The van der Waals surface area contributed by atoms with E-state index in [0.29, 0.717) is 5.92 Å². The van der Waals surface area contributed by atoms with Gasteiger partial charge in [-0.05, 0) is 100 Å². The summed E-state index contributed by atoms with van der Waals surface area (Å²) < 4.78 is 0. The highest BCUT2D eigenvalue weighted by Crippen LogP contribution is 2.55. The SMILES string of the molecule is CC1(C)c2ccccc2-c2ccc(N(c3ccc(C4CC5CCC4C5)cc3)c3c(-c4ccccc4)cccc3-c3ccccc3)cc21. The minimum Gasteiger partial charge on any atom is -0.309 e. The number of anilines is 3. The van der Waals surface area contributed by atoms with Crippen molar-refractivity contribution in [1.82, 2.24) is 0 Å². The second-order valence-electron chi connectivity index (χ2n) is 14.5. The molecule has 0 N–H and O–H groups in total. The zero-order chi connectivity index (χ0) is 31.5. The maximum Gasteiger partial charge on any atom is 0.0618 e. The summed E-state index contributed by atoms with van der Waals surface area (Å²) in [6.07, 6.45) is 5.63. The van der Waals surface area contributed by atoms with Crippen LogP contribution in [0.4, 0.5) is 17.1 Å². The summed E-state index contributed by atoms with van der Waals surface area (Å²) in [5, 5.41) is 0. The van der Waals surface area contributed by atoms with Crippen molar-refractivity contribution in [2.45, 2.75) is 50.9 Å². The Morgan fingerprint density at radius 2 is 1.11 bits per heavy atom. The van der Waals surface area contributed by atoms with Crippen LogP contribution in [0.25, 0.3) is 33.4 Å². The molecular formula is C46H41N. The van der Waals surface area contributed by atoms with Crippen molar-refractivity contribution in [1.29, 1.82) is 0 Å². The van der Waals surface area contributed by atoms with E-state index < -0.39 is 0 Å². The number of hydrogen-bond acceptors (Lipinski definition) is 1. The molecule has 3 aliphatic rings. The minimum absolute atomic E-state index is 0.0829. The summed E-state index contributed by atoms with van der Waals surface area (Å²) >= 11 is 0. The molecule has 0 amide bonds. The lowest BCUT2D eigenvalue weighted by Crippen LogP contribution is -2.17. The fraction of sp³-hybridized carbons (Fsp3) is 0.217. The van der Waals surface area contributed by atoms with E-state index in [0.717, 1.165) is 11.8 Å². The van der Waals surface area contributed by atoms with Crippen LogP contribution in [0.3, 0.4) is 0 Å². The molecule has 6 aromatic rings. The molecule has 3 unspecified atom stereocenters. The van der Waals surface area contributed by atoms with Crippen LogP contribution < -0.4 is 4.90 Å². The van der Waals surface area contributed by atoms with E-state index in [-0.39, 0.29) is 5.41 Å². The topological polar surface area (TPSA) is 3.24 Å². The second-order valence-corrected chi connectivity index (χ2v) is 14.5. The summed E-state index contributed by atoms with van der Waals surface area (Å²) in [4.78, 5) is 2.54. The lowest BCUT2D eigenvalue weighted by Gasteiger charge is -2.32. The molecule has 2 bridgehead atoms. The standard InChI is InChI=1S/C46H41N/c1-46(2)43-19-10-9-16-40(43)41-27-26-37(30-44(41)46)47(36-24-22-34(23-25-36)42-29-31-20-21-35(42)28-31)45-38(32-12-5-3-6-13-32)17-11-18-39(45)33-14-7-4-8-15-33/h3-19,22-27,30-31,35,42H,20-21,28-29H2,1-2H3. The summed E-state index contributed by atoms with van der Waals surface area (Å²) in [6.45, 7) is 4.76. The van der Waals surface area contributed by atoms with Crippen molar-refractivity contribution in [3.05, 3.63) is 162 Å². The number of fused-ring (bicyclic) bond motifs is 5. The second kappa shape index (κ2) is 11.1. The zero-order valence-electron chi connectivity index (χ0n) is 27.4. The minimum atomic E-state index is -0.0829. The zero-order valence-corrected chi connectivity index (χ0v) is 27.4. The summed E-state index contributed by atoms with van der Waals surface area (Å²) in [7, 11) is 0. The number of nitrogens with zero attached hydrogens (tertiary/aromatic N) is 1. The third kappa shape index (κ3) is 4.67. The Hall–Kier alpha value is -4.88. The van der Waals surface area contributed by atoms with Gasteiger partial charge in [-0.1, -0.05) is 142 Å². The van der Waals surface area contributed by atoms with Crippen LogP contribution in [0.1, 0.15) is 62.1 Å². The van der Waals surface area contributed by atoms with Gasteiger partial charge in [-0.3, -0.25) is 0 Å². The van der Waals surface area contributed by atoms with E-state index in [1.807, 2.05) is 0 Å². The lowest BCUT2D eigenvalue weighted by molar-refractivity contribution is 0.420. The third-order valence-electron chi connectivity index (χ3n) is 11.6. The number of rotatable bonds is 6. The Balaban J connectivity index is 1.27. The Morgan fingerprint density at radius 3 is 1.74 bits per heavy atom. The van der Waals surface area contributed by atoms with Crippen LogP contribution in [0, 0.1) is 11.8 Å². The molecule has 2 saturated carbocycles. The highest BCUT2D eigenvalue weighted by molar-refractivity contribution is 5.98. The molecule has 0 aliphatic heterocycles. The highest BCUT2D eigenvalue weighted by Gasteiger charge is 2.40. The van der Waals surface area contributed by atoms with E-state index >= 15 is 0 Å². The van der Waals surface area contributed by atoms with Gasteiger partial charge in [0.25, 0.3) is 0 Å². The van der Waals surface area contributed by atoms with Crippen LogP contribution >= 0.6 is 0 Å². The van der Waals surface area contributed by atoms with E-state index in [1.54, 1.807) is 0 Å². The maximum atomic E-state index is 2.54. The van der Waals surface area contributed by atoms with Gasteiger partial charge in [0, 0.05) is 27.9 Å². The molecule has 9 rings (SSSR count). The Kier molecular flexibility index (Phi) is 6.71. The van der Waals surface area contributed by atoms with Gasteiger partial charge in [0.05, 0.1) is 5.69 Å². The molecular weight excluding hydrogens is 567 g/mol. The van der Waals surface area contributed by atoms with Crippen molar-refractivity contribution >= 4 is 17.1 Å². The third-order valence-corrected chi connectivity index (χ3v) is 11.6. The van der Waals surface area contributed by atoms with Gasteiger partial charge in [0.1, 0.15) is 0 Å². The molecule has 0 saturated heterocycles. The van der Waals surface area contributed by atoms with Crippen LogP contribution in [-0.2, 0) is 5.41 Å². The molecule has 0 radical (unpaired) electrons. The number of para-hydroxylation sites is 1. The average molecular weight is 608 g/mol. The first kappa shape index (κ1) is 28.4. The van der Waals surface area contributed by atoms with Gasteiger partial charge < -0.3 is 4.90 Å². The van der Waals surface area contributed by atoms with Gasteiger partial charge >= 0.3 is 0 Å². The average Bonchev–Trinajstić information content (AvgIpc) is 3.83. The molecule has 230 valence electrons. The normalized spacial score (nSPS) is 20.2. The number of hydrogen-bond donors (Lipinski definition) is 0. The van der Waals surface area contributed by atoms with Crippen LogP contribution in [0.5, 0.6) is 0 Å². The van der Waals surface area contributed by atoms with Crippen molar-refractivity contribution in [3.8, 4) is 33.4 Å². The highest BCUT2D eigenvalue weighted by atomic mass is 15.1. The van der Waals surface area contributed by atoms with Crippen molar-refractivity contribution in [2.75, 3.05) is 4.90 Å². The molecule has 1 heteroatoms. The molecule has 2 fully saturated rings. The molecule has 6 aromatic carbocycles. The van der Waals surface area contributed by atoms with Crippen molar-refractivity contribution < 1.29 is 0 Å². The first-order chi connectivity index (χ1) is 23.1. The summed E-state index contributed by atoms with van der Waals surface area (Å²) in [6, 6.07) is 54.4. The van der Waals surface area contributed by atoms with Gasteiger partial charge in [-0.2, -0.15) is 0 Å². The fourth-order valence-corrected chi connectivity index (χ4v) is 9.25. The first-order valence-electron chi connectivity index (χ1n) is 17.4. The monoisotopic (exact) mass is 607 g/mol. The Labute approximate surface area is 279 Å². The van der Waals surface area contributed by atoms with E-state index in [9.17, 15) is 0 Å². The molecule has 3 aliphatic carbocycles. The van der Waals surface area contributed by atoms with Gasteiger partial charge in [0.2, 0.25) is 0 Å². The van der Waals surface area contributed by atoms with E-state index in [4.69, 9.17) is 0 Å². The van der Waals surface area contributed by atoms with Crippen LogP contribution in [-0.4, -0.2) is 0 Å². The molecule has 0 heterocycles. The van der Waals surface area contributed by atoms with E-state index in [2.05, 4.69) is 164 Å². The van der Waals surface area contributed by atoms with Crippen LogP contribution in [0.2, 0.25) is 0 Å². The molecule has 0 aromatic heterocycles. The quantitative estimate of drug-likeness (QED) is 0.182. The van der Waals surface area contributed by atoms with E-state index in [1.165, 1.54) is 92.8 Å². The fourth-order valence-electron chi connectivity index (χ4n) is 9.25. The van der Waals surface area contributed by atoms with Crippen molar-refractivity contribution in [3.63, 3.8) is 0 Å².